The van der Waals surface area contributed by atoms with Crippen LogP contribution in [0, 0.1) is 0 Å². The smallest absolute Gasteiger partial charge is 0.115 e. The molecular formula is C20H24O4. The van der Waals surface area contributed by atoms with Crippen molar-refractivity contribution in [1.82, 2.24) is 0 Å². The van der Waals surface area contributed by atoms with Gasteiger partial charge in [0.1, 0.15) is 18.3 Å². The number of hydrogen-bond donors (Lipinski definition) is 2. The van der Waals surface area contributed by atoms with E-state index < -0.39 is 18.3 Å². The summed E-state index contributed by atoms with van der Waals surface area (Å²) < 4.78 is 11.2. The normalized spacial score (nSPS) is 14.8. The van der Waals surface area contributed by atoms with Crippen LogP contribution in [0.1, 0.15) is 11.1 Å². The largest absolute Gasteiger partial charge is 0.388 e. The molecule has 2 rings (SSSR count). The van der Waals surface area contributed by atoms with Crippen molar-refractivity contribution in [3.63, 3.8) is 0 Å². The molecule has 0 amide bonds. The topological polar surface area (TPSA) is 58.9 Å². The standard InChI is InChI=1S/C20H24O4/c1-2-18(21)20(24-14-17-11-7-4-8-12-17)19(22)15-23-13-16-9-5-3-6-10-16/h2-12,18-22H,1,13-15H2/t18-,19+,20+/m0/s1. The second-order valence-corrected chi connectivity index (χ2v) is 5.56. The third-order valence-corrected chi connectivity index (χ3v) is 3.64. The molecule has 2 aromatic rings. The lowest BCUT2D eigenvalue weighted by Gasteiger charge is -2.26. The minimum Gasteiger partial charge on any atom is -0.388 e. The highest BCUT2D eigenvalue weighted by Crippen LogP contribution is 2.12. The molecule has 0 fully saturated rings. The lowest BCUT2D eigenvalue weighted by atomic mass is 10.1. The Morgan fingerprint density at radius 2 is 1.42 bits per heavy atom. The van der Waals surface area contributed by atoms with Crippen molar-refractivity contribution in [3.05, 3.63) is 84.4 Å². The maximum atomic E-state index is 10.3. The van der Waals surface area contributed by atoms with E-state index in [0.717, 1.165) is 11.1 Å². The van der Waals surface area contributed by atoms with Crippen molar-refractivity contribution in [2.45, 2.75) is 31.5 Å². The minimum absolute atomic E-state index is 0.0687. The number of benzene rings is 2. The summed E-state index contributed by atoms with van der Waals surface area (Å²) in [5.41, 5.74) is 1.99. The van der Waals surface area contributed by atoms with E-state index >= 15 is 0 Å². The predicted molar refractivity (Wildman–Crippen MR) is 93.3 cm³/mol. The molecule has 128 valence electrons. The van der Waals surface area contributed by atoms with Crippen molar-refractivity contribution < 1.29 is 19.7 Å². The fraction of sp³-hybridized carbons (Fsp3) is 0.300. The van der Waals surface area contributed by atoms with Crippen molar-refractivity contribution in [1.29, 1.82) is 0 Å². The van der Waals surface area contributed by atoms with E-state index in [0.29, 0.717) is 13.2 Å². The second kappa shape index (κ2) is 10.0. The minimum atomic E-state index is -0.968. The van der Waals surface area contributed by atoms with Crippen LogP contribution in [-0.4, -0.2) is 35.1 Å². The molecule has 0 saturated carbocycles. The molecule has 0 spiro atoms. The molecule has 0 aliphatic carbocycles. The molecule has 2 aromatic carbocycles. The highest BCUT2D eigenvalue weighted by Gasteiger charge is 2.26. The average molecular weight is 328 g/mol. The van der Waals surface area contributed by atoms with Gasteiger partial charge >= 0.3 is 0 Å². The second-order valence-electron chi connectivity index (χ2n) is 5.56. The van der Waals surface area contributed by atoms with Gasteiger partial charge in [0.25, 0.3) is 0 Å². The van der Waals surface area contributed by atoms with E-state index in [-0.39, 0.29) is 6.61 Å². The van der Waals surface area contributed by atoms with Crippen LogP contribution in [0.5, 0.6) is 0 Å². The summed E-state index contributed by atoms with van der Waals surface area (Å²) in [6.45, 7) is 4.33. The molecule has 0 saturated heterocycles. The van der Waals surface area contributed by atoms with Crippen molar-refractivity contribution in [3.8, 4) is 0 Å². The van der Waals surface area contributed by atoms with Crippen LogP contribution in [0.4, 0.5) is 0 Å². The van der Waals surface area contributed by atoms with Crippen LogP contribution in [0.15, 0.2) is 73.3 Å². The average Bonchev–Trinajstić information content (AvgIpc) is 2.63. The van der Waals surface area contributed by atoms with Crippen LogP contribution >= 0.6 is 0 Å². The zero-order chi connectivity index (χ0) is 17.2. The van der Waals surface area contributed by atoms with Crippen LogP contribution in [-0.2, 0) is 22.7 Å². The van der Waals surface area contributed by atoms with Crippen molar-refractivity contribution in [2.75, 3.05) is 6.61 Å². The zero-order valence-electron chi connectivity index (χ0n) is 13.6. The molecule has 0 aliphatic heterocycles. The summed E-state index contributed by atoms with van der Waals surface area (Å²) in [7, 11) is 0. The Morgan fingerprint density at radius 1 is 0.875 bits per heavy atom. The number of aliphatic hydroxyl groups is 2. The molecule has 2 N–H and O–H groups in total. The third kappa shape index (κ3) is 5.91. The first-order valence-corrected chi connectivity index (χ1v) is 7.96. The molecule has 0 aromatic heterocycles. The molecule has 24 heavy (non-hydrogen) atoms. The Hall–Kier alpha value is -1.98. The molecular weight excluding hydrogens is 304 g/mol. The number of rotatable bonds is 10. The number of aliphatic hydroxyl groups excluding tert-OH is 2. The van der Waals surface area contributed by atoms with Gasteiger partial charge in [-0.1, -0.05) is 66.7 Å². The molecule has 3 atom stereocenters. The van der Waals surface area contributed by atoms with Crippen molar-refractivity contribution in [2.24, 2.45) is 0 Å². The monoisotopic (exact) mass is 328 g/mol. The van der Waals surface area contributed by atoms with E-state index in [1.54, 1.807) is 0 Å². The molecule has 0 aliphatic rings. The highest BCUT2D eigenvalue weighted by atomic mass is 16.5. The van der Waals surface area contributed by atoms with Crippen LogP contribution in [0.2, 0.25) is 0 Å². The summed E-state index contributed by atoms with van der Waals surface area (Å²) in [5.74, 6) is 0. The van der Waals surface area contributed by atoms with E-state index in [2.05, 4.69) is 6.58 Å². The van der Waals surface area contributed by atoms with Crippen molar-refractivity contribution >= 4 is 0 Å². The van der Waals surface area contributed by atoms with E-state index in [9.17, 15) is 10.2 Å². The van der Waals surface area contributed by atoms with Gasteiger partial charge in [-0.25, -0.2) is 0 Å². The van der Waals surface area contributed by atoms with E-state index in [1.165, 1.54) is 6.08 Å². The van der Waals surface area contributed by atoms with Gasteiger partial charge in [-0.2, -0.15) is 0 Å². The van der Waals surface area contributed by atoms with E-state index in [4.69, 9.17) is 9.47 Å². The Labute approximate surface area is 143 Å². The van der Waals surface area contributed by atoms with Gasteiger partial charge in [0, 0.05) is 0 Å². The Kier molecular flexibility index (Phi) is 7.65. The van der Waals surface area contributed by atoms with Gasteiger partial charge in [-0.05, 0) is 11.1 Å². The highest BCUT2D eigenvalue weighted by molar-refractivity contribution is 5.14. The van der Waals surface area contributed by atoms with Gasteiger partial charge in [0.05, 0.1) is 19.8 Å². The Bertz CT molecular complexity index is 585. The maximum Gasteiger partial charge on any atom is 0.115 e. The fourth-order valence-electron chi connectivity index (χ4n) is 2.30. The van der Waals surface area contributed by atoms with E-state index in [1.807, 2.05) is 60.7 Å². The molecule has 0 bridgehead atoms. The summed E-state index contributed by atoms with van der Waals surface area (Å²) in [6, 6.07) is 19.3. The summed E-state index contributed by atoms with van der Waals surface area (Å²) in [5, 5.41) is 20.3. The lowest BCUT2D eigenvalue weighted by molar-refractivity contribution is -0.116. The van der Waals surface area contributed by atoms with Gasteiger partial charge in [-0.3, -0.25) is 0 Å². The first kappa shape index (κ1) is 18.4. The Morgan fingerprint density at radius 3 is 1.96 bits per heavy atom. The molecule has 0 radical (unpaired) electrons. The first-order valence-electron chi connectivity index (χ1n) is 7.96. The quantitative estimate of drug-likeness (QED) is 0.659. The van der Waals surface area contributed by atoms with Crippen LogP contribution in [0.3, 0.4) is 0 Å². The number of ether oxygens (including phenoxy) is 2. The van der Waals surface area contributed by atoms with Gasteiger partial charge in [0.2, 0.25) is 0 Å². The SMILES string of the molecule is C=C[C@H](O)[C@@H](OCc1ccccc1)[C@H](O)COCc1ccccc1. The molecule has 0 heterocycles. The maximum absolute atomic E-state index is 10.3. The van der Waals surface area contributed by atoms with Gasteiger partial charge in [0.15, 0.2) is 0 Å². The first-order chi connectivity index (χ1) is 11.7. The summed E-state index contributed by atoms with van der Waals surface area (Å²) >= 11 is 0. The summed E-state index contributed by atoms with van der Waals surface area (Å²) in [6.07, 6.45) is -1.36. The molecule has 0 unspecified atom stereocenters. The molecule has 4 heteroatoms. The fourth-order valence-corrected chi connectivity index (χ4v) is 2.30. The summed E-state index contributed by atoms with van der Waals surface area (Å²) in [4.78, 5) is 0. The van der Waals surface area contributed by atoms with Gasteiger partial charge in [-0.15, -0.1) is 6.58 Å². The Balaban J connectivity index is 1.85. The van der Waals surface area contributed by atoms with Crippen LogP contribution in [0.25, 0.3) is 0 Å². The third-order valence-electron chi connectivity index (χ3n) is 3.64. The van der Waals surface area contributed by atoms with Gasteiger partial charge < -0.3 is 19.7 Å². The predicted octanol–water partition coefficient (Wildman–Crippen LogP) is 2.70. The molecule has 4 nitrogen and oxygen atoms in total. The number of hydrogen-bond acceptors (Lipinski definition) is 4. The zero-order valence-corrected chi connectivity index (χ0v) is 13.6. The van der Waals surface area contributed by atoms with Crippen LogP contribution < -0.4 is 0 Å². The lowest BCUT2D eigenvalue weighted by Crippen LogP contribution is -2.41.